The van der Waals surface area contributed by atoms with Gasteiger partial charge in [0.05, 0.1) is 89.6 Å². The molecular formula is C80H66Cl4F2N24O16S8. The van der Waals surface area contributed by atoms with Gasteiger partial charge in [-0.25, -0.2) is 90.5 Å². The molecular weight excluding hydrogens is 1990 g/mol. The van der Waals surface area contributed by atoms with Crippen molar-refractivity contribution in [2.45, 2.75) is 42.5 Å². The van der Waals surface area contributed by atoms with E-state index >= 15 is 0 Å². The van der Waals surface area contributed by atoms with Crippen LogP contribution in [0.4, 0.5) is 96.7 Å². The fourth-order valence-corrected chi connectivity index (χ4v) is 21.5. The zero-order valence-corrected chi connectivity index (χ0v) is 78.4. The molecule has 0 fully saturated rings. The number of carbonyl (C=O) groups is 8. The van der Waals surface area contributed by atoms with E-state index in [2.05, 4.69) is 77.8 Å². The molecule has 12 amide bonds. The second-order valence-corrected chi connectivity index (χ2v) is 41.9. The highest BCUT2D eigenvalue weighted by molar-refractivity contribution is 7.93. The van der Waals surface area contributed by atoms with E-state index in [0.29, 0.717) is 39.1 Å². The summed E-state index contributed by atoms with van der Waals surface area (Å²) >= 11 is 26.1. The first-order valence-corrected chi connectivity index (χ1v) is 48.9. The molecule has 0 spiro atoms. The van der Waals surface area contributed by atoms with Crippen molar-refractivity contribution in [3.63, 3.8) is 0 Å². The summed E-state index contributed by atoms with van der Waals surface area (Å²) in [6, 6.07) is 46.3. The van der Waals surface area contributed by atoms with E-state index < -0.39 is 87.4 Å². The molecule has 11 heterocycles. The van der Waals surface area contributed by atoms with Gasteiger partial charge in [-0.1, -0.05) is 94.9 Å². The van der Waals surface area contributed by atoms with Crippen molar-refractivity contribution in [3.05, 3.63) is 258 Å². The van der Waals surface area contributed by atoms with Crippen LogP contribution in [-0.4, -0.2) is 153 Å². The number of amides is 12. The number of hydrogen-bond donors (Lipinski definition) is 12. The van der Waals surface area contributed by atoms with Gasteiger partial charge in [0.2, 0.25) is 0 Å². The Morgan fingerprint density at radius 1 is 0.328 bits per heavy atom. The van der Waals surface area contributed by atoms with Gasteiger partial charge in [0.25, 0.3) is 63.7 Å². The van der Waals surface area contributed by atoms with Crippen LogP contribution in [-0.2, 0) is 59.3 Å². The summed E-state index contributed by atoms with van der Waals surface area (Å²) in [4.78, 5) is 106. The Morgan fingerprint density at radius 3 is 0.955 bits per heavy atom. The molecule has 692 valence electrons. The number of rotatable bonds is 24. The minimum Gasteiger partial charge on any atom is -0.388 e. The summed E-state index contributed by atoms with van der Waals surface area (Å²) in [7, 11) is -9.21. The van der Waals surface area contributed by atoms with Gasteiger partial charge < -0.3 is 31.9 Å². The first kappa shape index (κ1) is 97.5. The summed E-state index contributed by atoms with van der Waals surface area (Å²) in [5.41, 5.74) is 8.46. The average molecular weight is 2060 g/mol. The van der Waals surface area contributed by atoms with Crippen molar-refractivity contribution in [1.29, 1.82) is 0 Å². The van der Waals surface area contributed by atoms with Crippen molar-refractivity contribution < 1.29 is 80.8 Å². The number of nitrogens with one attached hydrogen (secondary N) is 12. The zero-order chi connectivity index (χ0) is 96.1. The first-order chi connectivity index (χ1) is 63.8. The van der Waals surface area contributed by atoms with Crippen LogP contribution < -0.4 is 81.5 Å². The summed E-state index contributed by atoms with van der Waals surface area (Å²) in [6.07, 6.45) is 2.88. The largest absolute Gasteiger partial charge is 0.388 e. The van der Waals surface area contributed by atoms with Crippen LogP contribution in [0.5, 0.6) is 0 Å². The normalized spacial score (nSPS) is 13.6. The van der Waals surface area contributed by atoms with Crippen LogP contribution in [0.15, 0.2) is 244 Å². The molecule has 7 aromatic heterocycles. The zero-order valence-electron chi connectivity index (χ0n) is 68.9. The number of carbonyl (C=O) groups excluding carboxylic acids is 8. The van der Waals surface area contributed by atoms with Crippen LogP contribution >= 0.6 is 91.8 Å². The first-order valence-electron chi connectivity index (χ1n) is 38.2. The number of hydrazone groups is 4. The molecule has 0 unspecified atom stereocenters. The van der Waals surface area contributed by atoms with Gasteiger partial charge in [-0.15, -0.1) is 55.5 Å². The Hall–Kier alpha value is -14.1. The van der Waals surface area contributed by atoms with Gasteiger partial charge in [-0.05, 0) is 168 Å². The number of halogens is 6. The third-order valence-electron chi connectivity index (χ3n) is 18.3. The molecule has 5 aromatic carbocycles. The van der Waals surface area contributed by atoms with E-state index in [1.54, 1.807) is 42.1 Å². The Bertz CT molecular complexity index is 6650. The molecule has 0 bridgehead atoms. The second kappa shape index (κ2) is 42.2. The van der Waals surface area contributed by atoms with Crippen LogP contribution in [0.25, 0.3) is 0 Å². The molecule has 0 atom stereocenters. The maximum atomic E-state index is 14.8. The van der Waals surface area contributed by atoms with Gasteiger partial charge in [-0.3, -0.25) is 29.8 Å². The number of aromatic nitrogens is 4. The molecule has 0 saturated heterocycles. The molecule has 0 radical (unpaired) electrons. The number of sulfonamides is 4. The van der Waals surface area contributed by atoms with Crippen molar-refractivity contribution in [1.82, 2.24) is 39.1 Å². The minimum absolute atomic E-state index is 0.0193. The van der Waals surface area contributed by atoms with Crippen LogP contribution in [0.3, 0.4) is 0 Å². The molecule has 16 rings (SSSR count). The Morgan fingerprint density at radius 2 is 0.634 bits per heavy atom. The number of pyridine rings is 2. The fourth-order valence-electron chi connectivity index (χ4n) is 12.0. The molecule has 12 N–H and O–H groups in total. The third-order valence-corrected chi connectivity index (χ3v) is 30.6. The third kappa shape index (κ3) is 24.6. The molecule has 54 heteroatoms. The van der Waals surface area contributed by atoms with Crippen LogP contribution in [0, 0.1) is 11.6 Å². The second-order valence-electron chi connectivity index (χ2n) is 27.4. The van der Waals surface area contributed by atoms with Crippen molar-refractivity contribution in [2.24, 2.45) is 20.4 Å². The lowest BCUT2D eigenvalue weighted by atomic mass is 10.1. The number of urea groups is 4. The SMILES string of the molecule is CNc1ccc(C2=NN(c3c(F)cc(NC(=O)NS(=O)(=O)c4ccc(Cl)s4)cc3F)C(=O)C2)cc1.CNc1ccc(C2=NN(c3ccc(NC(=O)NS(=O)(=O)c4ccc(Cl)s4)cn3)C(=O)C2)cc1.CNc1ccc(C2=NN(c3ccc(NC(=O)NS(=O)(=O)c4ccc(Cl)s4)nc3)C(=O)C2)cc1.CNc1ccc(C2=NN(c3ccc(NC(=O)NS(=O)(=O)c4ccc(Cl)s4)nn3)C(=O)C2)cc1. The molecule has 40 nitrogen and oxygen atoms in total. The molecule has 12 aromatic rings. The van der Waals surface area contributed by atoms with E-state index in [-0.39, 0.29) is 112 Å². The smallest absolute Gasteiger partial charge is 0.334 e. The summed E-state index contributed by atoms with van der Waals surface area (Å²) in [6.45, 7) is 0. The van der Waals surface area contributed by atoms with Gasteiger partial charge in [-0.2, -0.15) is 40.4 Å². The van der Waals surface area contributed by atoms with E-state index in [0.717, 1.165) is 102 Å². The average Bonchev–Trinajstić information content (AvgIpc) is 1.58. The Labute approximate surface area is 796 Å². The topological polar surface area (TPSA) is 531 Å². The molecule has 4 aliphatic rings. The lowest BCUT2D eigenvalue weighted by Crippen LogP contribution is -2.34. The fraction of sp³-hybridized carbons (Fsp3) is 0.100. The minimum atomic E-state index is -4.23. The summed E-state index contributed by atoms with van der Waals surface area (Å²) in [5, 5.41) is 50.1. The Balaban J connectivity index is 0.000000152. The van der Waals surface area contributed by atoms with Gasteiger partial charge >= 0.3 is 24.1 Å². The summed E-state index contributed by atoms with van der Waals surface area (Å²) in [5.74, 6) is -3.25. The van der Waals surface area contributed by atoms with E-state index in [1.807, 2.05) is 113 Å². The predicted molar refractivity (Wildman–Crippen MR) is 510 cm³/mol. The van der Waals surface area contributed by atoms with Gasteiger partial charge in [0, 0.05) is 56.6 Å². The highest BCUT2D eigenvalue weighted by Gasteiger charge is 2.35. The Kier molecular flexibility index (Phi) is 30.7. The van der Waals surface area contributed by atoms with Crippen molar-refractivity contribution in [3.8, 4) is 0 Å². The number of anilines is 12. The van der Waals surface area contributed by atoms with Gasteiger partial charge in [0.1, 0.15) is 28.3 Å². The lowest BCUT2D eigenvalue weighted by molar-refractivity contribution is -0.117. The van der Waals surface area contributed by atoms with Crippen molar-refractivity contribution in [2.75, 3.05) is 90.8 Å². The predicted octanol–water partition coefficient (Wildman–Crippen LogP) is 14.2. The van der Waals surface area contributed by atoms with E-state index in [9.17, 15) is 80.8 Å². The van der Waals surface area contributed by atoms with Gasteiger partial charge in [0.15, 0.2) is 29.1 Å². The van der Waals surface area contributed by atoms with E-state index in [1.165, 1.54) is 101 Å². The monoisotopic (exact) mass is 2050 g/mol. The molecule has 0 saturated carbocycles. The lowest BCUT2D eigenvalue weighted by Gasteiger charge is -2.15. The maximum Gasteiger partial charge on any atom is 0.334 e. The molecule has 0 aliphatic carbocycles. The highest BCUT2D eigenvalue weighted by atomic mass is 35.5. The molecule has 4 aliphatic heterocycles. The summed E-state index contributed by atoms with van der Waals surface area (Å²) < 4.78 is 135. The number of nitrogens with zero attached hydrogens (tertiary/aromatic N) is 12. The number of hydrogen-bond acceptors (Lipinski definition) is 32. The molecule has 134 heavy (non-hydrogen) atoms. The van der Waals surface area contributed by atoms with E-state index in [4.69, 9.17) is 46.4 Å². The number of benzene rings is 5. The maximum absolute atomic E-state index is 14.8. The van der Waals surface area contributed by atoms with Crippen LogP contribution in [0.1, 0.15) is 47.9 Å². The standard InChI is InChI=1S/C21H16ClF2N5O4S2.2C20H17ClN6O4S2.C19H16ClN7O4S2/c1-25-12-4-2-11(3-5-12)16-10-18(30)29(27-16)20-14(23)8-13(9-15(20)24)26-21(31)28-35(32,33)19-7-6-17(22)34-19;1-22-13-4-2-12(3-5-13)15-10-18(28)27(25-15)14-6-8-17(23-11-14)24-20(29)26-33(30,31)19-9-7-16(21)32-19;1-22-13-4-2-12(3-5-13)15-10-18(28)27(25-15)17-8-6-14(11-23-17)24-20(29)26-33(30,31)19-9-7-16(21)32-19;1-21-12-4-2-11(3-5-12)13-10-17(28)27(25-13)16-8-7-15(23-24-16)22-19(29)26-33(30,31)18-9-6-14(20)32-18/h2-9,25H,10H2,1H3,(H2,26,28,31);2-9,11,22H,10H2,1H3,(H2,23,24,26,29);2-9,11,22H,10H2,1H3,(H2,24,26,29);2-9,21H,10H2,1H3,(H2,22,23,26,29). The highest BCUT2D eigenvalue weighted by Crippen LogP contribution is 2.35. The number of thiophene rings is 4. The van der Waals surface area contributed by atoms with Crippen LogP contribution in [0.2, 0.25) is 17.3 Å². The quantitative estimate of drug-likeness (QED) is 0.0267. The van der Waals surface area contributed by atoms with Crippen molar-refractivity contribution >= 4 is 271 Å².